The molecule has 2 aliphatic rings. The van der Waals surface area contributed by atoms with Crippen molar-refractivity contribution in [2.45, 2.75) is 43.4 Å². The third-order valence-electron chi connectivity index (χ3n) is 5.41. The Morgan fingerprint density at radius 2 is 1.96 bits per heavy atom. The van der Waals surface area contributed by atoms with Crippen molar-refractivity contribution < 1.29 is 17.9 Å². The number of hydrogen-bond acceptors (Lipinski definition) is 6. The molecule has 1 aromatic heterocycles. The number of aromatic nitrogens is 1. The van der Waals surface area contributed by atoms with E-state index >= 15 is 0 Å². The molecule has 2 aromatic rings. The molecule has 1 amide bonds. The highest BCUT2D eigenvalue weighted by Crippen LogP contribution is 2.31. The largest absolute Gasteiger partial charge is 0.379 e. The minimum atomic E-state index is -3.54. The van der Waals surface area contributed by atoms with E-state index in [4.69, 9.17) is 4.74 Å². The number of carbonyl (C=O) groups excluding carboxylic acids is 1. The van der Waals surface area contributed by atoms with Crippen LogP contribution in [0.15, 0.2) is 23.1 Å². The lowest BCUT2D eigenvalue weighted by atomic mass is 9.87. The topological polar surface area (TPSA) is 88.6 Å². The number of sulfonamides is 1. The Labute approximate surface area is 169 Å². The average molecular weight is 424 g/mol. The zero-order chi connectivity index (χ0) is 19.6. The maximum atomic E-state index is 12.8. The van der Waals surface area contributed by atoms with Gasteiger partial charge in [0.05, 0.1) is 28.3 Å². The van der Waals surface area contributed by atoms with Crippen LogP contribution in [0.1, 0.15) is 38.5 Å². The van der Waals surface area contributed by atoms with Crippen LogP contribution in [0, 0.1) is 5.92 Å². The van der Waals surface area contributed by atoms with Crippen molar-refractivity contribution >= 4 is 42.6 Å². The first-order chi connectivity index (χ1) is 13.5. The number of anilines is 1. The second-order valence-electron chi connectivity index (χ2n) is 7.42. The van der Waals surface area contributed by atoms with Gasteiger partial charge in [-0.25, -0.2) is 13.4 Å². The third-order valence-corrected chi connectivity index (χ3v) is 8.24. The summed E-state index contributed by atoms with van der Waals surface area (Å²) in [5.74, 6) is 0.459. The Kier molecular flexibility index (Phi) is 5.96. The molecule has 2 heterocycles. The fourth-order valence-corrected chi connectivity index (χ4v) is 6.31. The van der Waals surface area contributed by atoms with Gasteiger partial charge in [0.25, 0.3) is 0 Å². The van der Waals surface area contributed by atoms with Crippen molar-refractivity contribution in [3.8, 4) is 0 Å². The van der Waals surface area contributed by atoms with Gasteiger partial charge in [-0.05, 0) is 37.0 Å². The fraction of sp³-hybridized carbons (Fsp3) is 0.579. The summed E-state index contributed by atoms with van der Waals surface area (Å²) in [5.41, 5.74) is 0.693. The molecule has 9 heteroatoms. The van der Waals surface area contributed by atoms with Gasteiger partial charge in [0.15, 0.2) is 5.13 Å². The van der Waals surface area contributed by atoms with E-state index in [2.05, 4.69) is 10.3 Å². The molecule has 0 unspecified atom stereocenters. The molecule has 1 aliphatic heterocycles. The summed E-state index contributed by atoms with van der Waals surface area (Å²) in [4.78, 5) is 17.0. The van der Waals surface area contributed by atoms with Gasteiger partial charge in [0, 0.05) is 19.5 Å². The van der Waals surface area contributed by atoms with Crippen LogP contribution in [0.5, 0.6) is 0 Å². The van der Waals surface area contributed by atoms with Crippen LogP contribution in [0.2, 0.25) is 0 Å². The molecule has 0 atom stereocenters. The van der Waals surface area contributed by atoms with Crippen molar-refractivity contribution in [1.29, 1.82) is 0 Å². The van der Waals surface area contributed by atoms with Crippen LogP contribution in [-0.4, -0.2) is 49.9 Å². The van der Waals surface area contributed by atoms with Gasteiger partial charge in [-0.3, -0.25) is 4.79 Å². The maximum absolute atomic E-state index is 12.8. The van der Waals surface area contributed by atoms with E-state index in [0.29, 0.717) is 49.3 Å². The van der Waals surface area contributed by atoms with Crippen molar-refractivity contribution in [1.82, 2.24) is 9.29 Å². The molecule has 28 heavy (non-hydrogen) atoms. The van der Waals surface area contributed by atoms with E-state index in [1.807, 2.05) is 0 Å². The number of benzene rings is 1. The molecule has 0 radical (unpaired) electrons. The van der Waals surface area contributed by atoms with Crippen LogP contribution in [0.3, 0.4) is 0 Å². The molecule has 0 bridgehead atoms. The smallest absolute Gasteiger partial charge is 0.243 e. The van der Waals surface area contributed by atoms with Crippen molar-refractivity contribution in [2.75, 3.05) is 31.6 Å². The molecular formula is C19H25N3O4S2. The van der Waals surface area contributed by atoms with Crippen molar-refractivity contribution in [2.24, 2.45) is 5.92 Å². The Balaban J connectivity index is 1.47. The lowest BCUT2D eigenvalue weighted by molar-refractivity contribution is -0.117. The summed E-state index contributed by atoms with van der Waals surface area (Å²) >= 11 is 1.31. The Morgan fingerprint density at radius 1 is 1.21 bits per heavy atom. The molecule has 2 fully saturated rings. The maximum Gasteiger partial charge on any atom is 0.243 e. The van der Waals surface area contributed by atoms with Gasteiger partial charge < -0.3 is 10.1 Å². The SMILES string of the molecule is O=C(CC1CCCCC1)Nc1nc2ccc(S(=O)(=O)N3CCOCC3)cc2s1. The number of nitrogens with one attached hydrogen (secondary N) is 1. The van der Waals surface area contributed by atoms with Crippen LogP contribution < -0.4 is 5.32 Å². The Bertz CT molecular complexity index is 945. The molecule has 1 aromatic carbocycles. The number of rotatable bonds is 5. The molecule has 152 valence electrons. The number of ether oxygens (including phenoxy) is 1. The van der Waals surface area contributed by atoms with E-state index in [0.717, 1.165) is 17.5 Å². The predicted octanol–water partition coefficient (Wildman–Crippen LogP) is 3.23. The normalized spacial score (nSPS) is 19.7. The zero-order valence-corrected chi connectivity index (χ0v) is 17.4. The number of hydrogen-bond donors (Lipinski definition) is 1. The minimum Gasteiger partial charge on any atom is -0.379 e. The number of carbonyl (C=O) groups is 1. The molecule has 1 N–H and O–H groups in total. The lowest BCUT2D eigenvalue weighted by Crippen LogP contribution is -2.40. The second-order valence-corrected chi connectivity index (χ2v) is 10.4. The standard InChI is InChI=1S/C19H25N3O4S2/c23-18(12-14-4-2-1-3-5-14)21-19-20-16-7-6-15(13-17(16)27-19)28(24,25)22-8-10-26-11-9-22/h6-7,13-14H,1-5,8-12H2,(H,20,21,23). The van der Waals surface area contributed by atoms with Crippen LogP contribution >= 0.6 is 11.3 Å². The monoisotopic (exact) mass is 423 g/mol. The van der Waals surface area contributed by atoms with Gasteiger partial charge in [0.1, 0.15) is 0 Å². The molecular weight excluding hydrogens is 398 g/mol. The molecule has 4 rings (SSSR count). The van der Waals surface area contributed by atoms with Crippen molar-refractivity contribution in [3.63, 3.8) is 0 Å². The molecule has 1 aliphatic carbocycles. The highest BCUT2D eigenvalue weighted by atomic mass is 32.2. The van der Waals surface area contributed by atoms with Crippen molar-refractivity contribution in [3.05, 3.63) is 18.2 Å². The highest BCUT2D eigenvalue weighted by Gasteiger charge is 2.27. The zero-order valence-electron chi connectivity index (χ0n) is 15.7. The van der Waals surface area contributed by atoms with Gasteiger partial charge >= 0.3 is 0 Å². The molecule has 1 saturated carbocycles. The number of fused-ring (bicyclic) bond motifs is 1. The summed E-state index contributed by atoms with van der Waals surface area (Å²) in [7, 11) is -3.54. The first-order valence-electron chi connectivity index (χ1n) is 9.81. The number of amides is 1. The van der Waals surface area contributed by atoms with E-state index in [9.17, 15) is 13.2 Å². The summed E-state index contributed by atoms with van der Waals surface area (Å²) in [6.45, 7) is 1.56. The van der Waals surface area contributed by atoms with Gasteiger partial charge in [-0.15, -0.1) is 0 Å². The summed E-state index contributed by atoms with van der Waals surface area (Å²) in [6.07, 6.45) is 6.46. The van der Waals surface area contributed by atoms with E-state index in [1.165, 1.54) is 34.9 Å². The quantitative estimate of drug-likeness (QED) is 0.798. The fourth-order valence-electron chi connectivity index (χ4n) is 3.88. The van der Waals surface area contributed by atoms with Gasteiger partial charge in [-0.1, -0.05) is 30.6 Å². The third kappa shape index (κ3) is 4.37. The van der Waals surface area contributed by atoms with Crippen LogP contribution in [0.4, 0.5) is 5.13 Å². The van der Waals surface area contributed by atoms with Gasteiger partial charge in [-0.2, -0.15) is 4.31 Å². The van der Waals surface area contributed by atoms with E-state index in [1.54, 1.807) is 18.2 Å². The lowest BCUT2D eigenvalue weighted by Gasteiger charge is -2.25. The van der Waals surface area contributed by atoms with Gasteiger partial charge in [0.2, 0.25) is 15.9 Å². The Hall–Kier alpha value is -1.55. The summed E-state index contributed by atoms with van der Waals surface area (Å²) < 4.78 is 33.1. The molecule has 0 spiro atoms. The Morgan fingerprint density at radius 3 is 2.71 bits per heavy atom. The van der Waals surface area contributed by atoms with Crippen LogP contribution in [-0.2, 0) is 19.6 Å². The summed E-state index contributed by atoms with van der Waals surface area (Å²) in [5, 5.41) is 3.42. The minimum absolute atomic E-state index is 0.00730. The predicted molar refractivity (Wildman–Crippen MR) is 109 cm³/mol. The first-order valence-corrected chi connectivity index (χ1v) is 12.1. The summed E-state index contributed by atoms with van der Waals surface area (Å²) in [6, 6.07) is 4.94. The molecule has 1 saturated heterocycles. The highest BCUT2D eigenvalue weighted by molar-refractivity contribution is 7.89. The number of morpholine rings is 1. The van der Waals surface area contributed by atoms with Crippen LogP contribution in [0.25, 0.3) is 10.2 Å². The average Bonchev–Trinajstić information content (AvgIpc) is 3.10. The molecule has 7 nitrogen and oxygen atoms in total. The number of nitrogens with zero attached hydrogens (tertiary/aromatic N) is 2. The van der Waals surface area contributed by atoms with E-state index in [-0.39, 0.29) is 10.8 Å². The van der Waals surface area contributed by atoms with E-state index < -0.39 is 10.0 Å². The number of thiazole rings is 1. The second kappa shape index (κ2) is 8.44. The first kappa shape index (κ1) is 19.8.